The molecular weight excluding hydrogens is 514 g/mol. The molecule has 1 aromatic heterocycles. The summed E-state index contributed by atoms with van der Waals surface area (Å²) < 4.78 is 35.6. The third-order valence-corrected chi connectivity index (χ3v) is 7.32. The zero-order valence-electron chi connectivity index (χ0n) is 19.0. The van der Waals surface area contributed by atoms with Crippen LogP contribution in [0.4, 0.5) is 8.78 Å². The lowest BCUT2D eigenvalue weighted by molar-refractivity contribution is -0.143. The molecule has 1 aliphatic rings. The Morgan fingerprint density at radius 3 is 2.25 bits per heavy atom. The number of carboxylic acids is 1. The van der Waals surface area contributed by atoms with Crippen molar-refractivity contribution in [1.29, 1.82) is 0 Å². The van der Waals surface area contributed by atoms with Crippen LogP contribution in [0, 0.1) is 17.6 Å². The molecule has 2 aromatic carbocycles. The first kappa shape index (κ1) is 25.8. The molecule has 1 aliphatic carbocycles. The number of amides is 2. The number of rotatable bonds is 8. The fourth-order valence-corrected chi connectivity index (χ4v) is 5.25. The van der Waals surface area contributed by atoms with Gasteiger partial charge < -0.3 is 20.5 Å². The van der Waals surface area contributed by atoms with Gasteiger partial charge in [0.2, 0.25) is 0 Å². The first-order valence-electron chi connectivity index (χ1n) is 11.3. The smallest absolute Gasteiger partial charge is 0.306 e. The quantitative estimate of drug-likeness (QED) is 0.351. The van der Waals surface area contributed by atoms with Gasteiger partial charge in [-0.05, 0) is 55.3 Å². The van der Waals surface area contributed by atoms with Crippen LogP contribution >= 0.6 is 22.9 Å². The van der Waals surface area contributed by atoms with Crippen LogP contribution in [0.1, 0.15) is 45.7 Å². The molecule has 1 heterocycles. The predicted octanol–water partition coefficient (Wildman–Crippen LogP) is 5.01. The number of carboxylic acid groups (broad SMARTS) is 1. The lowest BCUT2D eigenvalue weighted by Gasteiger charge is -2.26. The van der Waals surface area contributed by atoms with Gasteiger partial charge in [0.25, 0.3) is 11.8 Å². The number of carbonyl (C=O) groups is 3. The minimum atomic E-state index is -1.07. The van der Waals surface area contributed by atoms with Crippen molar-refractivity contribution in [3.63, 3.8) is 0 Å². The fourth-order valence-electron chi connectivity index (χ4n) is 4.11. The number of fused-ring (bicyclic) bond motifs is 1. The molecule has 1 fully saturated rings. The number of nitrogens with one attached hydrogen (secondary N) is 2. The third kappa shape index (κ3) is 6.11. The first-order valence-corrected chi connectivity index (χ1v) is 12.5. The van der Waals surface area contributed by atoms with Crippen molar-refractivity contribution in [2.24, 2.45) is 5.92 Å². The molecule has 0 atom stereocenters. The second kappa shape index (κ2) is 11.2. The molecule has 3 aromatic rings. The highest BCUT2D eigenvalue weighted by Gasteiger charge is 2.28. The van der Waals surface area contributed by atoms with E-state index in [1.165, 1.54) is 11.3 Å². The van der Waals surface area contributed by atoms with Gasteiger partial charge >= 0.3 is 5.97 Å². The molecule has 2 amide bonds. The van der Waals surface area contributed by atoms with Crippen molar-refractivity contribution in [1.82, 2.24) is 10.6 Å². The van der Waals surface area contributed by atoms with Crippen LogP contribution in [0.25, 0.3) is 10.1 Å². The topological polar surface area (TPSA) is 105 Å². The van der Waals surface area contributed by atoms with Gasteiger partial charge in [0, 0.05) is 34.9 Å². The van der Waals surface area contributed by atoms with E-state index in [9.17, 15) is 23.2 Å². The Hall–Kier alpha value is -3.24. The molecule has 0 spiro atoms. The van der Waals surface area contributed by atoms with Crippen molar-refractivity contribution >= 4 is 50.8 Å². The van der Waals surface area contributed by atoms with Crippen molar-refractivity contribution < 1.29 is 33.0 Å². The second-order valence-electron chi connectivity index (χ2n) is 8.50. The molecule has 0 unspecified atom stereocenters. The summed E-state index contributed by atoms with van der Waals surface area (Å²) in [5, 5.41) is 15.5. The standard InChI is InChI=1S/C25H23ClF2N2O5S/c26-15-3-6-20-14(9-15)10-21(36-20)23(31)29-7-8-30-24(32)22-18(27)11-17(12-19(22)28)35-16-4-1-13(2-5-16)25(33)34/h3,6,9-13,16H,1-2,4-5,7-8H2,(H,29,31)(H,30,32)(H,33,34). The fraction of sp³-hybridized carbons (Fsp3) is 0.320. The SMILES string of the molecule is O=C(NCCNC(=O)c1c(F)cc(OC2CCC(C(=O)O)CC2)cc1F)c1cc2cc(Cl)ccc2s1. The molecule has 1 saturated carbocycles. The molecule has 7 nitrogen and oxygen atoms in total. The predicted molar refractivity (Wildman–Crippen MR) is 132 cm³/mol. The highest BCUT2D eigenvalue weighted by atomic mass is 35.5. The number of halogens is 3. The van der Waals surface area contributed by atoms with Crippen LogP contribution in [0.3, 0.4) is 0 Å². The highest BCUT2D eigenvalue weighted by molar-refractivity contribution is 7.20. The molecule has 11 heteroatoms. The number of aliphatic carboxylic acids is 1. The molecule has 4 rings (SSSR count). The Morgan fingerprint density at radius 2 is 1.61 bits per heavy atom. The maximum Gasteiger partial charge on any atom is 0.306 e. The molecule has 190 valence electrons. The number of hydrogen-bond acceptors (Lipinski definition) is 5. The first-order chi connectivity index (χ1) is 17.2. The second-order valence-corrected chi connectivity index (χ2v) is 10.0. The van der Waals surface area contributed by atoms with E-state index in [1.807, 2.05) is 6.07 Å². The van der Waals surface area contributed by atoms with Gasteiger partial charge in [-0.3, -0.25) is 14.4 Å². The summed E-state index contributed by atoms with van der Waals surface area (Å²) >= 11 is 7.26. The van der Waals surface area contributed by atoms with Crippen molar-refractivity contribution in [3.05, 3.63) is 63.5 Å². The molecule has 0 radical (unpaired) electrons. The highest BCUT2D eigenvalue weighted by Crippen LogP contribution is 2.30. The molecule has 0 bridgehead atoms. The van der Waals surface area contributed by atoms with Crippen LogP contribution in [-0.2, 0) is 4.79 Å². The van der Waals surface area contributed by atoms with Gasteiger partial charge in [-0.25, -0.2) is 8.78 Å². The van der Waals surface area contributed by atoms with Crippen molar-refractivity contribution in [2.45, 2.75) is 31.8 Å². The summed E-state index contributed by atoms with van der Waals surface area (Å²) in [4.78, 5) is 36.2. The largest absolute Gasteiger partial charge is 0.490 e. The van der Waals surface area contributed by atoms with Crippen LogP contribution < -0.4 is 15.4 Å². The van der Waals surface area contributed by atoms with Gasteiger partial charge in [-0.15, -0.1) is 11.3 Å². The molecule has 36 heavy (non-hydrogen) atoms. The molecule has 0 saturated heterocycles. The van der Waals surface area contributed by atoms with Gasteiger partial charge in [-0.1, -0.05) is 11.6 Å². The molecular formula is C25H23ClF2N2O5S. The van der Waals surface area contributed by atoms with Crippen LogP contribution in [-0.4, -0.2) is 42.1 Å². The average Bonchev–Trinajstić information content (AvgIpc) is 3.25. The van der Waals surface area contributed by atoms with Gasteiger partial charge in [0.05, 0.1) is 16.9 Å². The van der Waals surface area contributed by atoms with Crippen LogP contribution in [0.5, 0.6) is 5.75 Å². The van der Waals surface area contributed by atoms with E-state index >= 15 is 0 Å². The van der Waals surface area contributed by atoms with E-state index < -0.39 is 35.0 Å². The van der Waals surface area contributed by atoms with Crippen LogP contribution in [0.15, 0.2) is 36.4 Å². The normalized spacial score (nSPS) is 17.5. The number of benzene rings is 2. The number of ether oxygens (including phenoxy) is 1. The Labute approximate surface area is 214 Å². The van der Waals surface area contributed by atoms with Crippen molar-refractivity contribution in [3.8, 4) is 5.75 Å². The van der Waals surface area contributed by atoms with Gasteiger partial charge in [0.15, 0.2) is 0 Å². The minimum absolute atomic E-state index is 0.0365. The summed E-state index contributed by atoms with van der Waals surface area (Å²) in [6, 6.07) is 8.91. The summed E-state index contributed by atoms with van der Waals surface area (Å²) in [6.07, 6.45) is 1.44. The van der Waals surface area contributed by atoms with E-state index in [1.54, 1.807) is 18.2 Å². The monoisotopic (exact) mass is 536 g/mol. The maximum absolute atomic E-state index is 14.5. The minimum Gasteiger partial charge on any atom is -0.490 e. The molecule has 0 aliphatic heterocycles. The van der Waals surface area contributed by atoms with Crippen molar-refractivity contribution in [2.75, 3.05) is 13.1 Å². The summed E-state index contributed by atoms with van der Waals surface area (Å²) in [6.45, 7) is 0.0221. The zero-order chi connectivity index (χ0) is 25.8. The van der Waals surface area contributed by atoms with Gasteiger partial charge in [-0.2, -0.15) is 0 Å². The maximum atomic E-state index is 14.5. The summed E-state index contributed by atoms with van der Waals surface area (Å²) in [5.41, 5.74) is -0.746. The lowest BCUT2D eigenvalue weighted by Crippen LogP contribution is -2.35. The summed E-state index contributed by atoms with van der Waals surface area (Å²) in [5.74, 6) is -4.78. The van der Waals surface area contributed by atoms with E-state index in [0.717, 1.165) is 22.2 Å². The summed E-state index contributed by atoms with van der Waals surface area (Å²) in [7, 11) is 0. The number of thiophene rings is 1. The van der Waals surface area contributed by atoms with E-state index in [4.69, 9.17) is 21.4 Å². The number of carbonyl (C=O) groups excluding carboxylic acids is 2. The van der Waals surface area contributed by atoms with E-state index in [-0.39, 0.29) is 30.9 Å². The van der Waals surface area contributed by atoms with E-state index in [0.29, 0.717) is 35.6 Å². The molecule has 3 N–H and O–H groups in total. The van der Waals surface area contributed by atoms with Gasteiger partial charge in [0.1, 0.15) is 22.9 Å². The Kier molecular flexibility index (Phi) is 8.05. The average molecular weight is 537 g/mol. The number of hydrogen-bond donors (Lipinski definition) is 3. The lowest BCUT2D eigenvalue weighted by atomic mass is 9.87. The zero-order valence-corrected chi connectivity index (χ0v) is 20.6. The van der Waals surface area contributed by atoms with E-state index in [2.05, 4.69) is 10.6 Å². The Balaban J connectivity index is 1.27. The Morgan fingerprint density at radius 1 is 0.972 bits per heavy atom. The Bertz CT molecular complexity index is 1280. The third-order valence-electron chi connectivity index (χ3n) is 5.97. The van der Waals surface area contributed by atoms with Crippen LogP contribution in [0.2, 0.25) is 5.02 Å².